The Labute approximate surface area is 111 Å². The molecule has 0 aliphatic heterocycles. The van der Waals surface area contributed by atoms with Crippen LogP contribution in [0, 0.1) is 5.41 Å². The first kappa shape index (κ1) is 14.7. The summed E-state index contributed by atoms with van der Waals surface area (Å²) in [5, 5.41) is 0. The van der Waals surface area contributed by atoms with Crippen LogP contribution in [0.5, 0.6) is 0 Å². The summed E-state index contributed by atoms with van der Waals surface area (Å²) in [5.41, 5.74) is 2.78. The molecule has 0 unspecified atom stereocenters. The Hall–Kier alpha value is -1.37. The van der Waals surface area contributed by atoms with E-state index in [-0.39, 0.29) is 5.41 Å². The fourth-order valence-corrected chi connectivity index (χ4v) is 1.97. The number of carbonyl (C=O) groups excluding carboxylic acids is 1. The van der Waals surface area contributed by atoms with Crippen molar-refractivity contribution in [2.45, 2.75) is 46.5 Å². The van der Waals surface area contributed by atoms with Gasteiger partial charge in [-0.3, -0.25) is 4.79 Å². The van der Waals surface area contributed by atoms with E-state index in [1.807, 2.05) is 12.2 Å². The maximum absolute atomic E-state index is 10.3. The van der Waals surface area contributed by atoms with Crippen LogP contribution < -0.4 is 0 Å². The van der Waals surface area contributed by atoms with Gasteiger partial charge in [0.05, 0.1) is 0 Å². The van der Waals surface area contributed by atoms with Gasteiger partial charge in [0.1, 0.15) is 6.29 Å². The van der Waals surface area contributed by atoms with E-state index in [4.69, 9.17) is 0 Å². The third kappa shape index (κ3) is 5.31. The average Bonchev–Trinajstić information content (AvgIpc) is 2.33. The van der Waals surface area contributed by atoms with Crippen molar-refractivity contribution in [3.05, 3.63) is 47.6 Å². The van der Waals surface area contributed by atoms with Gasteiger partial charge in [-0.2, -0.15) is 0 Å². The topological polar surface area (TPSA) is 17.1 Å². The molecule has 0 atom stereocenters. The quantitative estimate of drug-likeness (QED) is 0.395. The SMILES string of the molecule is CC(C)(C)C(C=CC1=CCCCC1)=CC=CC=O. The zero-order chi connectivity index (χ0) is 13.4. The zero-order valence-corrected chi connectivity index (χ0v) is 11.8. The van der Waals surface area contributed by atoms with E-state index < -0.39 is 0 Å². The normalized spacial score (nSPS) is 18.4. The van der Waals surface area contributed by atoms with E-state index in [1.165, 1.54) is 42.9 Å². The minimum Gasteiger partial charge on any atom is -0.299 e. The highest BCUT2D eigenvalue weighted by Crippen LogP contribution is 2.27. The molecule has 0 aromatic rings. The number of rotatable bonds is 4. The molecule has 1 aliphatic rings. The van der Waals surface area contributed by atoms with Gasteiger partial charge in [-0.05, 0) is 42.7 Å². The monoisotopic (exact) mass is 244 g/mol. The van der Waals surface area contributed by atoms with Crippen LogP contribution in [-0.4, -0.2) is 6.29 Å². The van der Waals surface area contributed by atoms with E-state index in [0.29, 0.717) is 0 Å². The second kappa shape index (κ2) is 7.15. The van der Waals surface area contributed by atoms with E-state index in [1.54, 1.807) is 0 Å². The van der Waals surface area contributed by atoms with Crippen LogP contribution in [0.2, 0.25) is 0 Å². The third-order valence-corrected chi connectivity index (χ3v) is 3.13. The van der Waals surface area contributed by atoms with E-state index in [0.717, 1.165) is 6.29 Å². The molecule has 98 valence electrons. The summed E-state index contributed by atoms with van der Waals surface area (Å²) in [4.78, 5) is 10.3. The van der Waals surface area contributed by atoms with Crippen molar-refractivity contribution in [1.29, 1.82) is 0 Å². The molecule has 0 fully saturated rings. The van der Waals surface area contributed by atoms with Crippen molar-refractivity contribution in [2.75, 3.05) is 0 Å². The van der Waals surface area contributed by atoms with Gasteiger partial charge in [0, 0.05) is 0 Å². The molecular formula is C17H24O. The molecule has 0 amide bonds. The average molecular weight is 244 g/mol. The molecule has 0 radical (unpaired) electrons. The van der Waals surface area contributed by atoms with Crippen molar-refractivity contribution in [3.63, 3.8) is 0 Å². The molecule has 0 aromatic heterocycles. The fourth-order valence-electron chi connectivity index (χ4n) is 1.97. The first-order chi connectivity index (χ1) is 8.54. The number of hydrogen-bond donors (Lipinski definition) is 0. The lowest BCUT2D eigenvalue weighted by atomic mass is 9.85. The molecule has 18 heavy (non-hydrogen) atoms. The van der Waals surface area contributed by atoms with Crippen molar-refractivity contribution in [2.24, 2.45) is 5.41 Å². The van der Waals surface area contributed by atoms with Crippen LogP contribution >= 0.6 is 0 Å². The lowest BCUT2D eigenvalue weighted by Gasteiger charge is -2.20. The summed E-state index contributed by atoms with van der Waals surface area (Å²) < 4.78 is 0. The zero-order valence-electron chi connectivity index (χ0n) is 11.8. The second-order valence-electron chi connectivity index (χ2n) is 5.75. The first-order valence-corrected chi connectivity index (χ1v) is 6.74. The molecule has 1 aliphatic carbocycles. The van der Waals surface area contributed by atoms with E-state index >= 15 is 0 Å². The van der Waals surface area contributed by atoms with Gasteiger partial charge in [-0.25, -0.2) is 0 Å². The summed E-state index contributed by atoms with van der Waals surface area (Å²) in [7, 11) is 0. The summed E-state index contributed by atoms with van der Waals surface area (Å²) in [6.07, 6.45) is 17.9. The summed E-state index contributed by atoms with van der Waals surface area (Å²) in [5.74, 6) is 0. The van der Waals surface area contributed by atoms with Crippen molar-refractivity contribution >= 4 is 6.29 Å². The molecule has 0 saturated heterocycles. The molecule has 0 saturated carbocycles. The second-order valence-corrected chi connectivity index (χ2v) is 5.75. The lowest BCUT2D eigenvalue weighted by Crippen LogP contribution is -2.07. The van der Waals surface area contributed by atoms with Crippen molar-refractivity contribution in [3.8, 4) is 0 Å². The molecule has 1 rings (SSSR count). The Bertz CT molecular complexity index is 386. The van der Waals surface area contributed by atoms with Gasteiger partial charge < -0.3 is 0 Å². The van der Waals surface area contributed by atoms with E-state index in [2.05, 4.69) is 39.0 Å². The maximum atomic E-state index is 10.3. The highest BCUT2D eigenvalue weighted by atomic mass is 16.1. The highest BCUT2D eigenvalue weighted by Gasteiger charge is 2.13. The van der Waals surface area contributed by atoms with Crippen molar-refractivity contribution < 1.29 is 4.79 Å². The molecule has 0 N–H and O–H groups in total. The van der Waals surface area contributed by atoms with E-state index in [9.17, 15) is 4.79 Å². The van der Waals surface area contributed by atoms with Crippen LogP contribution in [0.4, 0.5) is 0 Å². The Morgan fingerprint density at radius 3 is 2.56 bits per heavy atom. The van der Waals surface area contributed by atoms with Gasteiger partial charge >= 0.3 is 0 Å². The molecular weight excluding hydrogens is 220 g/mol. The fraction of sp³-hybridized carbons (Fsp3) is 0.471. The van der Waals surface area contributed by atoms with Gasteiger partial charge in [0.2, 0.25) is 0 Å². The summed E-state index contributed by atoms with van der Waals surface area (Å²) in [6, 6.07) is 0. The molecule has 0 aromatic carbocycles. The van der Waals surface area contributed by atoms with Crippen LogP contribution in [0.15, 0.2) is 47.6 Å². The molecule has 1 heteroatoms. The first-order valence-electron chi connectivity index (χ1n) is 6.74. The van der Waals surface area contributed by atoms with Gasteiger partial charge in [0.25, 0.3) is 0 Å². The Balaban J connectivity index is 2.81. The predicted molar refractivity (Wildman–Crippen MR) is 78.4 cm³/mol. The Morgan fingerprint density at radius 2 is 2.00 bits per heavy atom. The predicted octanol–water partition coefficient (Wildman–Crippen LogP) is 4.77. The third-order valence-electron chi connectivity index (χ3n) is 3.13. The molecule has 0 heterocycles. The number of allylic oxidation sites excluding steroid dienone is 8. The van der Waals surface area contributed by atoms with Gasteiger partial charge in [-0.15, -0.1) is 0 Å². The Kier molecular flexibility index (Phi) is 5.84. The highest BCUT2D eigenvalue weighted by molar-refractivity contribution is 5.65. The van der Waals surface area contributed by atoms with Crippen LogP contribution in [-0.2, 0) is 4.79 Å². The van der Waals surface area contributed by atoms with Gasteiger partial charge in [0.15, 0.2) is 0 Å². The maximum Gasteiger partial charge on any atom is 0.142 e. The number of carbonyl (C=O) groups is 1. The standard InChI is InChI=1S/C17H24O/c1-17(2,3)16(11-7-8-14-18)13-12-15-9-5-4-6-10-15/h7-9,11-14H,4-6,10H2,1-3H3. The smallest absolute Gasteiger partial charge is 0.142 e. The van der Waals surface area contributed by atoms with Crippen LogP contribution in [0.3, 0.4) is 0 Å². The minimum atomic E-state index is 0.0962. The van der Waals surface area contributed by atoms with Crippen LogP contribution in [0.1, 0.15) is 46.5 Å². The number of hydrogen-bond acceptors (Lipinski definition) is 1. The minimum absolute atomic E-state index is 0.0962. The van der Waals surface area contributed by atoms with Gasteiger partial charge in [-0.1, -0.05) is 56.7 Å². The van der Waals surface area contributed by atoms with Crippen molar-refractivity contribution in [1.82, 2.24) is 0 Å². The molecule has 1 nitrogen and oxygen atoms in total. The summed E-state index contributed by atoms with van der Waals surface area (Å²) >= 11 is 0. The Morgan fingerprint density at radius 1 is 1.22 bits per heavy atom. The lowest BCUT2D eigenvalue weighted by molar-refractivity contribution is -0.104. The summed E-state index contributed by atoms with van der Waals surface area (Å²) in [6.45, 7) is 6.56. The molecule has 0 spiro atoms. The largest absolute Gasteiger partial charge is 0.299 e. The number of aldehydes is 1. The molecule has 0 bridgehead atoms. The van der Waals surface area contributed by atoms with Crippen LogP contribution in [0.25, 0.3) is 0 Å².